The third-order valence-corrected chi connectivity index (χ3v) is 4.03. The van der Waals surface area contributed by atoms with Crippen molar-refractivity contribution in [2.75, 3.05) is 11.3 Å². The zero-order valence-electron chi connectivity index (χ0n) is 11.3. The van der Waals surface area contributed by atoms with Crippen molar-refractivity contribution in [3.63, 3.8) is 0 Å². The molecule has 0 radical (unpaired) electrons. The number of rotatable bonds is 7. The van der Waals surface area contributed by atoms with Crippen molar-refractivity contribution in [2.24, 2.45) is 0 Å². The maximum atomic E-state index is 12.0. The molecule has 1 aromatic heterocycles. The van der Waals surface area contributed by atoms with Crippen LogP contribution < -0.4 is 10.0 Å². The zero-order valence-corrected chi connectivity index (χ0v) is 12.1. The summed E-state index contributed by atoms with van der Waals surface area (Å²) in [7, 11) is -3.59. The first-order valence-corrected chi connectivity index (χ1v) is 7.91. The van der Waals surface area contributed by atoms with Gasteiger partial charge in [0.2, 0.25) is 0 Å². The highest BCUT2D eigenvalue weighted by Crippen LogP contribution is 2.14. The second-order valence-electron chi connectivity index (χ2n) is 4.40. The summed E-state index contributed by atoms with van der Waals surface area (Å²) in [5, 5.41) is 3.34. The number of H-pyrrole nitrogens is 1. The van der Waals surface area contributed by atoms with E-state index < -0.39 is 10.0 Å². The molecular weight excluding hydrogens is 276 g/mol. The summed E-state index contributed by atoms with van der Waals surface area (Å²) in [5.41, 5.74) is 1.64. The van der Waals surface area contributed by atoms with Gasteiger partial charge in [-0.1, -0.05) is 19.1 Å². The van der Waals surface area contributed by atoms with Gasteiger partial charge in [0.1, 0.15) is 0 Å². The molecule has 1 aromatic carbocycles. The molecule has 108 valence electrons. The first-order chi connectivity index (χ1) is 9.62. The Morgan fingerprint density at radius 2 is 2.00 bits per heavy atom. The fourth-order valence-electron chi connectivity index (χ4n) is 1.70. The highest BCUT2D eigenvalue weighted by atomic mass is 32.2. The van der Waals surface area contributed by atoms with Crippen molar-refractivity contribution in [2.45, 2.75) is 24.9 Å². The molecule has 0 fully saturated rings. The van der Waals surface area contributed by atoms with Crippen LogP contribution in [0.3, 0.4) is 0 Å². The molecule has 2 rings (SSSR count). The molecule has 0 saturated carbocycles. The predicted molar refractivity (Wildman–Crippen MR) is 77.8 cm³/mol. The van der Waals surface area contributed by atoms with Crippen molar-refractivity contribution >= 4 is 15.7 Å². The molecule has 0 aliphatic carbocycles. The van der Waals surface area contributed by atoms with Crippen molar-refractivity contribution in [1.82, 2.24) is 15.3 Å². The monoisotopic (exact) mass is 294 g/mol. The summed E-state index contributed by atoms with van der Waals surface area (Å²) in [6, 6.07) is 7.29. The molecule has 6 nitrogen and oxygen atoms in total. The number of benzene rings is 1. The van der Waals surface area contributed by atoms with Crippen LogP contribution in [0.4, 0.5) is 5.69 Å². The summed E-state index contributed by atoms with van der Waals surface area (Å²) in [4.78, 5) is 6.27. The maximum absolute atomic E-state index is 12.0. The van der Waals surface area contributed by atoms with E-state index in [1.807, 2.05) is 12.1 Å². The molecule has 2 aromatic rings. The Hall–Kier alpha value is -1.86. The Bertz CT molecular complexity index is 621. The molecule has 0 bridgehead atoms. The molecule has 1 heterocycles. The van der Waals surface area contributed by atoms with E-state index in [4.69, 9.17) is 0 Å². The lowest BCUT2D eigenvalue weighted by Crippen LogP contribution is -2.14. The minimum absolute atomic E-state index is 0.0474. The maximum Gasteiger partial charge on any atom is 0.278 e. The lowest BCUT2D eigenvalue weighted by molar-refractivity contribution is 0.598. The third-order valence-electron chi connectivity index (χ3n) is 2.72. The standard InChI is InChI=1S/C13H18N4O2S/c1-2-7-14-8-11-3-5-12(6-4-11)17-20(18,19)13-9-15-10-16-13/h3-6,9-10,14,17H,2,7-8H2,1H3,(H,15,16). The average molecular weight is 294 g/mol. The molecular formula is C13H18N4O2S. The normalized spacial score (nSPS) is 11.4. The minimum atomic E-state index is -3.59. The molecule has 0 unspecified atom stereocenters. The van der Waals surface area contributed by atoms with Gasteiger partial charge < -0.3 is 10.3 Å². The van der Waals surface area contributed by atoms with Gasteiger partial charge in [0, 0.05) is 12.2 Å². The van der Waals surface area contributed by atoms with Crippen LogP contribution in [0.1, 0.15) is 18.9 Å². The molecule has 20 heavy (non-hydrogen) atoms. The van der Waals surface area contributed by atoms with E-state index in [0.29, 0.717) is 5.69 Å². The van der Waals surface area contributed by atoms with Gasteiger partial charge in [-0.15, -0.1) is 0 Å². The molecule has 0 aliphatic heterocycles. The van der Waals surface area contributed by atoms with Crippen LogP contribution in [-0.4, -0.2) is 24.9 Å². The number of nitrogens with zero attached hydrogens (tertiary/aromatic N) is 1. The molecule has 0 spiro atoms. The van der Waals surface area contributed by atoms with Crippen LogP contribution in [0.5, 0.6) is 0 Å². The summed E-state index contributed by atoms with van der Waals surface area (Å²) < 4.78 is 26.4. The number of hydrogen-bond donors (Lipinski definition) is 3. The van der Waals surface area contributed by atoms with E-state index in [9.17, 15) is 8.42 Å². The second-order valence-corrected chi connectivity index (χ2v) is 6.05. The van der Waals surface area contributed by atoms with E-state index in [1.165, 1.54) is 12.5 Å². The Kier molecular flexibility index (Phi) is 4.75. The van der Waals surface area contributed by atoms with Gasteiger partial charge in [-0.3, -0.25) is 4.72 Å². The highest BCUT2D eigenvalue weighted by Gasteiger charge is 2.15. The van der Waals surface area contributed by atoms with Crippen LogP contribution >= 0.6 is 0 Å². The average Bonchev–Trinajstić information content (AvgIpc) is 2.95. The van der Waals surface area contributed by atoms with Crippen LogP contribution in [0.25, 0.3) is 0 Å². The molecule has 0 amide bonds. The largest absolute Gasteiger partial charge is 0.334 e. The second kappa shape index (κ2) is 6.53. The molecule has 3 N–H and O–H groups in total. The zero-order chi connectivity index (χ0) is 14.4. The first kappa shape index (κ1) is 14.5. The van der Waals surface area contributed by atoms with Crippen LogP contribution in [-0.2, 0) is 16.6 Å². The quantitative estimate of drug-likeness (QED) is 0.678. The van der Waals surface area contributed by atoms with E-state index in [1.54, 1.807) is 12.1 Å². The predicted octanol–water partition coefficient (Wildman–Crippen LogP) is 1.71. The van der Waals surface area contributed by atoms with Crippen LogP contribution in [0.2, 0.25) is 0 Å². The third kappa shape index (κ3) is 3.82. The Morgan fingerprint density at radius 3 is 2.60 bits per heavy atom. The summed E-state index contributed by atoms with van der Waals surface area (Å²) in [6.45, 7) is 3.86. The summed E-state index contributed by atoms with van der Waals surface area (Å²) >= 11 is 0. The SMILES string of the molecule is CCCNCc1ccc(NS(=O)(=O)c2cnc[nH]2)cc1. The molecule has 0 atom stereocenters. The van der Waals surface area contributed by atoms with E-state index in [2.05, 4.69) is 26.9 Å². The van der Waals surface area contributed by atoms with Gasteiger partial charge in [-0.05, 0) is 30.7 Å². The van der Waals surface area contributed by atoms with Crippen LogP contribution in [0, 0.1) is 0 Å². The van der Waals surface area contributed by atoms with Gasteiger partial charge in [0.15, 0.2) is 5.03 Å². The van der Waals surface area contributed by atoms with Gasteiger partial charge in [-0.25, -0.2) is 4.98 Å². The smallest absolute Gasteiger partial charge is 0.278 e. The first-order valence-electron chi connectivity index (χ1n) is 6.42. The van der Waals surface area contributed by atoms with Gasteiger partial charge >= 0.3 is 0 Å². The Labute approximate surface area is 118 Å². The Balaban J connectivity index is 2.00. The minimum Gasteiger partial charge on any atom is -0.334 e. The fraction of sp³-hybridized carbons (Fsp3) is 0.308. The number of hydrogen-bond acceptors (Lipinski definition) is 4. The summed E-state index contributed by atoms with van der Waals surface area (Å²) in [5.74, 6) is 0. The van der Waals surface area contributed by atoms with Crippen molar-refractivity contribution in [3.8, 4) is 0 Å². The highest BCUT2D eigenvalue weighted by molar-refractivity contribution is 7.92. The molecule has 0 saturated heterocycles. The van der Waals surface area contributed by atoms with Crippen LogP contribution in [0.15, 0.2) is 41.8 Å². The number of nitrogens with one attached hydrogen (secondary N) is 3. The van der Waals surface area contributed by atoms with Gasteiger partial charge in [0.25, 0.3) is 10.0 Å². The number of anilines is 1. The van der Waals surface area contributed by atoms with E-state index in [0.717, 1.165) is 25.1 Å². The topological polar surface area (TPSA) is 86.9 Å². The van der Waals surface area contributed by atoms with Gasteiger partial charge in [0.05, 0.1) is 12.5 Å². The summed E-state index contributed by atoms with van der Waals surface area (Å²) in [6.07, 6.45) is 3.69. The van der Waals surface area contributed by atoms with Crippen molar-refractivity contribution in [1.29, 1.82) is 0 Å². The van der Waals surface area contributed by atoms with E-state index in [-0.39, 0.29) is 5.03 Å². The molecule has 0 aliphatic rings. The van der Waals surface area contributed by atoms with Gasteiger partial charge in [-0.2, -0.15) is 8.42 Å². The Morgan fingerprint density at radius 1 is 1.25 bits per heavy atom. The number of aromatic amines is 1. The molecule has 7 heteroatoms. The number of aromatic nitrogens is 2. The lowest BCUT2D eigenvalue weighted by Gasteiger charge is -2.08. The van der Waals surface area contributed by atoms with Crippen molar-refractivity contribution in [3.05, 3.63) is 42.4 Å². The lowest BCUT2D eigenvalue weighted by atomic mass is 10.2. The fourth-order valence-corrected chi connectivity index (χ4v) is 2.66. The van der Waals surface area contributed by atoms with Crippen molar-refractivity contribution < 1.29 is 8.42 Å². The van der Waals surface area contributed by atoms with E-state index >= 15 is 0 Å². The number of imidazole rings is 1. The number of sulfonamides is 1.